The van der Waals surface area contributed by atoms with Crippen LogP contribution in [0.4, 0.5) is 0 Å². The number of ether oxygens (including phenoxy) is 1. The number of piperidine rings is 1. The van der Waals surface area contributed by atoms with Crippen LogP contribution in [-0.4, -0.2) is 50.8 Å². The fraction of sp³-hybridized carbons (Fsp3) is 0.583. The SMILES string of the molecule is Cc1ccc(C2Cn3nnc(C(=O)N4CCC(C(=O)NC5CCCC5)CC4)c3CO2)cc1. The van der Waals surface area contributed by atoms with Crippen molar-refractivity contribution in [3.05, 3.63) is 46.8 Å². The van der Waals surface area contributed by atoms with Gasteiger partial charge in [0.2, 0.25) is 5.91 Å². The number of hydrogen-bond acceptors (Lipinski definition) is 5. The van der Waals surface area contributed by atoms with E-state index in [0.29, 0.717) is 50.8 Å². The van der Waals surface area contributed by atoms with Gasteiger partial charge in [-0.2, -0.15) is 0 Å². The van der Waals surface area contributed by atoms with Crippen molar-refractivity contribution in [1.82, 2.24) is 25.2 Å². The summed E-state index contributed by atoms with van der Waals surface area (Å²) in [4.78, 5) is 27.5. The summed E-state index contributed by atoms with van der Waals surface area (Å²) in [6.07, 6.45) is 5.89. The standard InChI is InChI=1S/C24H31N5O3/c1-16-6-8-17(9-7-16)21-14-29-20(15-32-21)22(26-27-29)24(31)28-12-10-18(11-13-28)23(30)25-19-4-2-3-5-19/h6-9,18-19,21H,2-5,10-15H2,1H3,(H,25,30). The molecule has 2 aliphatic heterocycles. The fourth-order valence-corrected chi connectivity index (χ4v) is 5.04. The van der Waals surface area contributed by atoms with Gasteiger partial charge in [-0.15, -0.1) is 5.10 Å². The maximum absolute atomic E-state index is 13.1. The van der Waals surface area contributed by atoms with Crippen LogP contribution < -0.4 is 5.32 Å². The quantitative estimate of drug-likeness (QED) is 0.795. The molecule has 2 aromatic rings. The molecular weight excluding hydrogens is 406 g/mol. The van der Waals surface area contributed by atoms with Crippen LogP contribution in [0.1, 0.15) is 71.9 Å². The van der Waals surface area contributed by atoms with Gasteiger partial charge in [-0.3, -0.25) is 9.59 Å². The Labute approximate surface area is 188 Å². The highest BCUT2D eigenvalue weighted by atomic mass is 16.5. The molecule has 1 saturated heterocycles. The van der Waals surface area contributed by atoms with E-state index in [0.717, 1.165) is 24.1 Å². The smallest absolute Gasteiger partial charge is 0.276 e. The van der Waals surface area contributed by atoms with Crippen molar-refractivity contribution in [1.29, 1.82) is 0 Å². The van der Waals surface area contributed by atoms with Crippen LogP contribution in [0, 0.1) is 12.8 Å². The lowest BCUT2D eigenvalue weighted by atomic mass is 9.95. The lowest BCUT2D eigenvalue weighted by molar-refractivity contribution is -0.127. The first-order valence-corrected chi connectivity index (χ1v) is 11.8. The molecule has 0 radical (unpaired) electrons. The Bertz CT molecular complexity index is 972. The monoisotopic (exact) mass is 437 g/mol. The maximum Gasteiger partial charge on any atom is 0.276 e. The van der Waals surface area contributed by atoms with E-state index in [9.17, 15) is 9.59 Å². The lowest BCUT2D eigenvalue weighted by Crippen LogP contribution is -2.45. The second kappa shape index (κ2) is 9.02. The van der Waals surface area contributed by atoms with Gasteiger partial charge in [-0.05, 0) is 38.2 Å². The Morgan fingerprint density at radius 3 is 2.50 bits per heavy atom. The van der Waals surface area contributed by atoms with Crippen molar-refractivity contribution in [2.45, 2.75) is 70.7 Å². The highest BCUT2D eigenvalue weighted by molar-refractivity contribution is 5.93. The zero-order valence-corrected chi connectivity index (χ0v) is 18.6. The van der Waals surface area contributed by atoms with Crippen LogP contribution in [-0.2, 0) is 22.7 Å². The van der Waals surface area contributed by atoms with Crippen molar-refractivity contribution in [3.63, 3.8) is 0 Å². The molecule has 8 nitrogen and oxygen atoms in total. The Kier molecular flexibility index (Phi) is 5.95. The van der Waals surface area contributed by atoms with Crippen molar-refractivity contribution >= 4 is 11.8 Å². The average molecular weight is 438 g/mol. The highest BCUT2D eigenvalue weighted by Crippen LogP contribution is 2.28. The molecule has 1 aliphatic carbocycles. The summed E-state index contributed by atoms with van der Waals surface area (Å²) in [5.41, 5.74) is 3.42. The number of nitrogens with one attached hydrogen (secondary N) is 1. The van der Waals surface area contributed by atoms with Crippen molar-refractivity contribution in [2.24, 2.45) is 5.92 Å². The topological polar surface area (TPSA) is 89.4 Å². The van der Waals surface area contributed by atoms with E-state index in [4.69, 9.17) is 4.74 Å². The van der Waals surface area contributed by atoms with Crippen LogP contribution in [0.5, 0.6) is 0 Å². The lowest BCUT2D eigenvalue weighted by Gasteiger charge is -2.32. The van der Waals surface area contributed by atoms with Gasteiger partial charge in [0.05, 0.1) is 18.8 Å². The fourth-order valence-electron chi connectivity index (χ4n) is 5.04. The molecule has 1 aromatic carbocycles. The minimum Gasteiger partial charge on any atom is -0.365 e. The number of likely N-dealkylation sites (tertiary alicyclic amines) is 1. The Hall–Kier alpha value is -2.74. The first kappa shape index (κ1) is 21.1. The third-order valence-electron chi connectivity index (χ3n) is 7.10. The van der Waals surface area contributed by atoms with Gasteiger partial charge in [0, 0.05) is 25.0 Å². The number of rotatable bonds is 4. The summed E-state index contributed by atoms with van der Waals surface area (Å²) in [6, 6.07) is 8.63. The van der Waals surface area contributed by atoms with E-state index in [1.54, 1.807) is 9.58 Å². The molecule has 2 amide bonds. The second-order valence-corrected chi connectivity index (χ2v) is 9.33. The molecule has 5 rings (SSSR count). The summed E-state index contributed by atoms with van der Waals surface area (Å²) in [5.74, 6) is 0.0335. The predicted molar refractivity (Wildman–Crippen MR) is 118 cm³/mol. The molecule has 1 unspecified atom stereocenters. The molecule has 1 atom stereocenters. The number of benzene rings is 1. The number of hydrogen-bond donors (Lipinski definition) is 1. The average Bonchev–Trinajstić information content (AvgIpc) is 3.48. The van der Waals surface area contributed by atoms with Gasteiger partial charge >= 0.3 is 0 Å². The van der Waals surface area contributed by atoms with Gasteiger partial charge < -0.3 is 15.0 Å². The molecule has 1 saturated carbocycles. The molecule has 170 valence electrons. The van der Waals surface area contributed by atoms with E-state index in [2.05, 4.69) is 46.8 Å². The summed E-state index contributed by atoms with van der Waals surface area (Å²) >= 11 is 0. The minimum absolute atomic E-state index is 0.00714. The zero-order chi connectivity index (χ0) is 22.1. The maximum atomic E-state index is 13.1. The molecule has 3 aliphatic rings. The molecule has 8 heteroatoms. The molecule has 2 fully saturated rings. The first-order chi connectivity index (χ1) is 15.6. The Morgan fingerprint density at radius 1 is 1.06 bits per heavy atom. The minimum atomic E-state index is -0.113. The van der Waals surface area contributed by atoms with Crippen LogP contribution in [0.25, 0.3) is 0 Å². The van der Waals surface area contributed by atoms with Crippen LogP contribution >= 0.6 is 0 Å². The van der Waals surface area contributed by atoms with Crippen LogP contribution in [0.3, 0.4) is 0 Å². The molecule has 1 N–H and O–H groups in total. The molecular formula is C24H31N5O3. The van der Waals surface area contributed by atoms with Crippen molar-refractivity contribution in [3.8, 4) is 0 Å². The van der Waals surface area contributed by atoms with Gasteiger partial charge in [0.25, 0.3) is 5.91 Å². The number of fused-ring (bicyclic) bond motifs is 1. The summed E-state index contributed by atoms with van der Waals surface area (Å²) in [5, 5.41) is 11.6. The van der Waals surface area contributed by atoms with Crippen LogP contribution in [0.2, 0.25) is 0 Å². The van der Waals surface area contributed by atoms with E-state index < -0.39 is 0 Å². The molecule has 32 heavy (non-hydrogen) atoms. The van der Waals surface area contributed by atoms with Crippen molar-refractivity contribution < 1.29 is 14.3 Å². The Balaban J connectivity index is 1.18. The van der Waals surface area contributed by atoms with Gasteiger partial charge in [-0.25, -0.2) is 4.68 Å². The second-order valence-electron chi connectivity index (χ2n) is 9.33. The van der Waals surface area contributed by atoms with Gasteiger partial charge in [0.1, 0.15) is 6.10 Å². The van der Waals surface area contributed by atoms with Gasteiger partial charge in [-0.1, -0.05) is 47.9 Å². The molecule has 1 aromatic heterocycles. The summed E-state index contributed by atoms with van der Waals surface area (Å²) in [7, 11) is 0. The number of carbonyl (C=O) groups is 2. The molecule has 0 spiro atoms. The van der Waals surface area contributed by atoms with Gasteiger partial charge in [0.15, 0.2) is 5.69 Å². The van der Waals surface area contributed by atoms with E-state index in [1.165, 1.54) is 18.4 Å². The third-order valence-corrected chi connectivity index (χ3v) is 7.10. The summed E-state index contributed by atoms with van der Waals surface area (Å²) < 4.78 is 7.85. The number of amides is 2. The van der Waals surface area contributed by atoms with E-state index in [-0.39, 0.29) is 23.8 Å². The first-order valence-electron chi connectivity index (χ1n) is 11.8. The number of nitrogens with zero attached hydrogens (tertiary/aromatic N) is 4. The zero-order valence-electron chi connectivity index (χ0n) is 18.6. The summed E-state index contributed by atoms with van der Waals surface area (Å²) in [6.45, 7) is 4.06. The number of aryl methyl sites for hydroxylation is 1. The van der Waals surface area contributed by atoms with E-state index >= 15 is 0 Å². The predicted octanol–water partition coefficient (Wildman–Crippen LogP) is 2.77. The molecule has 0 bridgehead atoms. The van der Waals surface area contributed by atoms with Crippen LogP contribution in [0.15, 0.2) is 24.3 Å². The molecule has 3 heterocycles. The van der Waals surface area contributed by atoms with Crippen molar-refractivity contribution in [2.75, 3.05) is 13.1 Å². The normalized spacial score (nSPS) is 22.0. The van der Waals surface area contributed by atoms with E-state index in [1.807, 2.05) is 0 Å². The number of aromatic nitrogens is 3. The third kappa shape index (κ3) is 4.28. The Morgan fingerprint density at radius 2 is 1.78 bits per heavy atom. The number of carbonyl (C=O) groups excluding carboxylic acids is 2. The highest BCUT2D eigenvalue weighted by Gasteiger charge is 2.33. The largest absolute Gasteiger partial charge is 0.365 e.